The lowest BCUT2D eigenvalue weighted by Gasteiger charge is -2.09. The molecule has 0 radical (unpaired) electrons. The van der Waals surface area contributed by atoms with E-state index in [-0.39, 0.29) is 5.91 Å². The summed E-state index contributed by atoms with van der Waals surface area (Å²) in [5, 5.41) is 7.31. The molecule has 4 aromatic rings. The van der Waals surface area contributed by atoms with Crippen LogP contribution in [0.5, 0.6) is 0 Å². The SMILES string of the molecule is Cc1c(C(=O)NCc2ccco2)cnc2c(-c3ccc(C(C)C)cc3)cnn12. The standard InChI is InChI=1S/C22H22N4O2/c1-14(2)16-6-8-17(9-7-16)20-13-25-26-15(3)19(12-23-21(20)26)22(27)24-11-18-5-4-10-28-18/h4-10,12-14H,11H2,1-3H3,(H,24,27). The minimum atomic E-state index is -0.207. The Hall–Kier alpha value is -3.41. The quantitative estimate of drug-likeness (QED) is 0.564. The first-order valence-electron chi connectivity index (χ1n) is 9.29. The van der Waals surface area contributed by atoms with E-state index in [1.807, 2.05) is 13.0 Å². The van der Waals surface area contributed by atoms with Gasteiger partial charge in [-0.2, -0.15) is 5.10 Å². The fourth-order valence-electron chi connectivity index (χ4n) is 3.19. The molecule has 0 aliphatic rings. The lowest BCUT2D eigenvalue weighted by molar-refractivity contribution is 0.0946. The molecule has 0 atom stereocenters. The lowest BCUT2D eigenvalue weighted by atomic mass is 10.00. The van der Waals surface area contributed by atoms with Crippen LogP contribution in [0.2, 0.25) is 0 Å². The Kier molecular flexibility index (Phi) is 4.69. The van der Waals surface area contributed by atoms with Gasteiger partial charge in [0.25, 0.3) is 5.91 Å². The van der Waals surface area contributed by atoms with Crippen LogP contribution in [0.3, 0.4) is 0 Å². The number of rotatable bonds is 5. The highest BCUT2D eigenvalue weighted by Gasteiger charge is 2.16. The summed E-state index contributed by atoms with van der Waals surface area (Å²) < 4.78 is 6.96. The fourth-order valence-corrected chi connectivity index (χ4v) is 3.19. The number of fused-ring (bicyclic) bond motifs is 1. The van der Waals surface area contributed by atoms with Crippen molar-refractivity contribution < 1.29 is 9.21 Å². The average molecular weight is 374 g/mol. The summed E-state index contributed by atoms with van der Waals surface area (Å²) >= 11 is 0. The topological polar surface area (TPSA) is 72.4 Å². The van der Waals surface area contributed by atoms with Crippen LogP contribution in [0.25, 0.3) is 16.8 Å². The maximum Gasteiger partial charge on any atom is 0.255 e. The van der Waals surface area contributed by atoms with Gasteiger partial charge in [-0.1, -0.05) is 38.1 Å². The molecule has 0 saturated heterocycles. The van der Waals surface area contributed by atoms with E-state index in [0.717, 1.165) is 22.5 Å². The van der Waals surface area contributed by atoms with Crippen molar-refractivity contribution in [1.29, 1.82) is 0 Å². The maximum absolute atomic E-state index is 12.5. The molecule has 28 heavy (non-hydrogen) atoms. The molecule has 0 unspecified atom stereocenters. The number of hydrogen-bond acceptors (Lipinski definition) is 4. The molecule has 0 spiro atoms. The summed E-state index contributed by atoms with van der Waals surface area (Å²) in [6.45, 7) is 6.55. The molecular weight excluding hydrogens is 352 g/mol. The number of nitrogens with zero attached hydrogens (tertiary/aromatic N) is 3. The molecule has 1 amide bonds. The highest BCUT2D eigenvalue weighted by atomic mass is 16.3. The summed E-state index contributed by atoms with van der Waals surface area (Å²) in [6.07, 6.45) is 4.99. The van der Waals surface area contributed by atoms with E-state index >= 15 is 0 Å². The average Bonchev–Trinajstić information content (AvgIpc) is 3.36. The fraction of sp³-hybridized carbons (Fsp3) is 0.227. The first kappa shape index (κ1) is 18.0. The van der Waals surface area contributed by atoms with Crippen LogP contribution in [-0.4, -0.2) is 20.5 Å². The van der Waals surface area contributed by atoms with Crippen LogP contribution in [0.1, 0.15) is 47.1 Å². The third-order valence-electron chi connectivity index (χ3n) is 4.90. The van der Waals surface area contributed by atoms with Gasteiger partial charge >= 0.3 is 0 Å². The van der Waals surface area contributed by atoms with Crippen molar-refractivity contribution in [2.75, 3.05) is 0 Å². The Morgan fingerprint density at radius 1 is 1.18 bits per heavy atom. The van der Waals surface area contributed by atoms with Crippen molar-refractivity contribution in [2.45, 2.75) is 33.2 Å². The number of furan rings is 1. The summed E-state index contributed by atoms with van der Waals surface area (Å²) in [4.78, 5) is 17.1. The summed E-state index contributed by atoms with van der Waals surface area (Å²) in [5.74, 6) is 0.980. The van der Waals surface area contributed by atoms with Gasteiger partial charge in [-0.25, -0.2) is 9.50 Å². The van der Waals surface area contributed by atoms with Crippen LogP contribution >= 0.6 is 0 Å². The molecule has 0 fully saturated rings. The molecule has 1 aromatic carbocycles. The second kappa shape index (κ2) is 7.31. The van der Waals surface area contributed by atoms with Crippen LogP contribution in [-0.2, 0) is 6.54 Å². The molecule has 0 aliphatic heterocycles. The van der Waals surface area contributed by atoms with Crippen LogP contribution in [0, 0.1) is 6.92 Å². The predicted octanol–water partition coefficient (Wildman–Crippen LogP) is 4.35. The third-order valence-corrected chi connectivity index (χ3v) is 4.90. The maximum atomic E-state index is 12.5. The van der Waals surface area contributed by atoms with Gasteiger partial charge in [-0.15, -0.1) is 0 Å². The van der Waals surface area contributed by atoms with Gasteiger partial charge in [0.15, 0.2) is 5.65 Å². The molecule has 4 rings (SSSR count). The number of nitrogens with one attached hydrogen (secondary N) is 1. The lowest BCUT2D eigenvalue weighted by Crippen LogP contribution is -2.24. The Morgan fingerprint density at radius 3 is 2.64 bits per heavy atom. The second-order valence-electron chi connectivity index (χ2n) is 7.09. The number of amides is 1. The molecule has 0 saturated carbocycles. The highest BCUT2D eigenvalue weighted by molar-refractivity contribution is 5.95. The van der Waals surface area contributed by atoms with Gasteiger partial charge in [0, 0.05) is 11.8 Å². The third kappa shape index (κ3) is 3.29. The number of carbonyl (C=O) groups excluding carboxylic acids is 1. The number of aromatic nitrogens is 3. The van der Waals surface area contributed by atoms with Crippen molar-refractivity contribution in [1.82, 2.24) is 19.9 Å². The number of benzene rings is 1. The van der Waals surface area contributed by atoms with E-state index in [9.17, 15) is 4.79 Å². The molecule has 3 heterocycles. The van der Waals surface area contributed by atoms with Crippen molar-refractivity contribution in [3.05, 3.63) is 77.6 Å². The van der Waals surface area contributed by atoms with Gasteiger partial charge in [-0.05, 0) is 36.1 Å². The molecule has 6 nitrogen and oxygen atoms in total. The first-order valence-corrected chi connectivity index (χ1v) is 9.29. The Bertz CT molecular complexity index is 1110. The molecule has 6 heteroatoms. The molecular formula is C22H22N4O2. The minimum absolute atomic E-state index is 0.207. The monoisotopic (exact) mass is 374 g/mol. The van der Waals surface area contributed by atoms with Gasteiger partial charge in [0.1, 0.15) is 5.76 Å². The van der Waals surface area contributed by atoms with E-state index < -0.39 is 0 Å². The normalized spacial score (nSPS) is 11.3. The second-order valence-corrected chi connectivity index (χ2v) is 7.09. The molecule has 142 valence electrons. The van der Waals surface area contributed by atoms with Crippen LogP contribution in [0.15, 0.2) is 59.5 Å². The van der Waals surface area contributed by atoms with Gasteiger partial charge < -0.3 is 9.73 Å². The van der Waals surface area contributed by atoms with Crippen molar-refractivity contribution in [2.24, 2.45) is 0 Å². The smallest absolute Gasteiger partial charge is 0.255 e. The summed E-state index contributed by atoms with van der Waals surface area (Å²) in [7, 11) is 0. The molecule has 0 aliphatic carbocycles. The largest absolute Gasteiger partial charge is 0.467 e. The van der Waals surface area contributed by atoms with Gasteiger partial charge in [-0.3, -0.25) is 4.79 Å². The van der Waals surface area contributed by atoms with E-state index in [0.29, 0.717) is 23.8 Å². The number of aryl methyl sites for hydroxylation is 1. The van der Waals surface area contributed by atoms with E-state index in [1.165, 1.54) is 5.56 Å². The zero-order chi connectivity index (χ0) is 19.7. The van der Waals surface area contributed by atoms with Crippen LogP contribution in [0.4, 0.5) is 0 Å². The predicted molar refractivity (Wildman–Crippen MR) is 107 cm³/mol. The van der Waals surface area contributed by atoms with Gasteiger partial charge in [0.05, 0.1) is 30.3 Å². The van der Waals surface area contributed by atoms with Crippen LogP contribution < -0.4 is 5.32 Å². The number of hydrogen-bond donors (Lipinski definition) is 1. The zero-order valence-corrected chi connectivity index (χ0v) is 16.1. The van der Waals surface area contributed by atoms with Gasteiger partial charge in [0.2, 0.25) is 0 Å². The summed E-state index contributed by atoms with van der Waals surface area (Å²) in [5.41, 5.74) is 5.26. The highest BCUT2D eigenvalue weighted by Crippen LogP contribution is 2.26. The van der Waals surface area contributed by atoms with Crippen molar-refractivity contribution in [3.63, 3.8) is 0 Å². The summed E-state index contributed by atoms with van der Waals surface area (Å²) in [6, 6.07) is 12.1. The Labute approximate surface area is 163 Å². The molecule has 0 bridgehead atoms. The van der Waals surface area contributed by atoms with Crippen molar-refractivity contribution in [3.8, 4) is 11.1 Å². The molecule has 3 aromatic heterocycles. The van der Waals surface area contributed by atoms with E-state index in [2.05, 4.69) is 53.5 Å². The first-order chi connectivity index (χ1) is 13.5. The van der Waals surface area contributed by atoms with E-state index in [1.54, 1.807) is 29.2 Å². The number of carbonyl (C=O) groups is 1. The Balaban J connectivity index is 1.62. The molecule has 1 N–H and O–H groups in total. The Morgan fingerprint density at radius 2 is 1.96 bits per heavy atom. The minimum Gasteiger partial charge on any atom is -0.467 e. The van der Waals surface area contributed by atoms with E-state index in [4.69, 9.17) is 4.42 Å². The van der Waals surface area contributed by atoms with Crippen molar-refractivity contribution >= 4 is 11.6 Å². The zero-order valence-electron chi connectivity index (χ0n) is 16.1.